The van der Waals surface area contributed by atoms with Crippen LogP contribution in [0.15, 0.2) is 24.3 Å². The van der Waals surface area contributed by atoms with Gasteiger partial charge in [-0.3, -0.25) is 0 Å². The number of methoxy groups -OCH3 is 4. The van der Waals surface area contributed by atoms with Crippen molar-refractivity contribution < 1.29 is 28.7 Å². The number of quaternary nitrogens is 2. The summed E-state index contributed by atoms with van der Waals surface area (Å²) in [6, 6.07) is 8.42. The predicted molar refractivity (Wildman–Crippen MR) is 117 cm³/mol. The van der Waals surface area contributed by atoms with Crippen molar-refractivity contribution in [3.8, 4) is 23.0 Å². The maximum Gasteiger partial charge on any atom is 0.161 e. The van der Waals surface area contributed by atoms with Crippen LogP contribution >= 0.6 is 0 Å². The molecule has 2 aromatic rings. The maximum atomic E-state index is 5.49. The molecule has 1 aliphatic heterocycles. The van der Waals surface area contributed by atoms with Crippen molar-refractivity contribution in [1.82, 2.24) is 0 Å². The molecule has 0 spiro atoms. The predicted octanol–water partition coefficient (Wildman–Crippen LogP) is 0.821. The van der Waals surface area contributed by atoms with Crippen LogP contribution in [-0.2, 0) is 13.1 Å². The van der Waals surface area contributed by atoms with E-state index in [1.807, 2.05) is 0 Å². The number of benzene rings is 2. The SMILES string of the molecule is COc1cc(C)c(C[NH+]2CC[NH+](Cc3cc(OC)c(OC)cc3C)CC2)cc1OC. The molecule has 0 aliphatic carbocycles. The van der Waals surface area contributed by atoms with Crippen LogP contribution in [0.3, 0.4) is 0 Å². The highest BCUT2D eigenvalue weighted by Gasteiger charge is 2.25. The summed E-state index contributed by atoms with van der Waals surface area (Å²) >= 11 is 0. The lowest BCUT2D eigenvalue weighted by atomic mass is 10.1. The van der Waals surface area contributed by atoms with Crippen molar-refractivity contribution in [3.63, 3.8) is 0 Å². The van der Waals surface area contributed by atoms with Crippen LogP contribution < -0.4 is 28.7 Å². The highest BCUT2D eigenvalue weighted by atomic mass is 16.5. The van der Waals surface area contributed by atoms with Gasteiger partial charge in [-0.05, 0) is 49.2 Å². The molecule has 2 aromatic carbocycles. The van der Waals surface area contributed by atoms with Crippen molar-refractivity contribution in [2.24, 2.45) is 0 Å². The molecule has 1 fully saturated rings. The summed E-state index contributed by atoms with van der Waals surface area (Å²) in [6.45, 7) is 11.0. The second-order valence-electron chi connectivity index (χ2n) is 8.12. The van der Waals surface area contributed by atoms with Gasteiger partial charge in [0.15, 0.2) is 23.0 Å². The van der Waals surface area contributed by atoms with Crippen LogP contribution in [-0.4, -0.2) is 54.6 Å². The minimum absolute atomic E-state index is 0.799. The van der Waals surface area contributed by atoms with Crippen molar-refractivity contribution in [3.05, 3.63) is 46.5 Å². The lowest BCUT2D eigenvalue weighted by Crippen LogP contribution is -3.27. The average Bonchev–Trinajstić information content (AvgIpc) is 2.77. The van der Waals surface area contributed by atoms with Crippen LogP contribution in [0.2, 0.25) is 0 Å². The Labute approximate surface area is 180 Å². The van der Waals surface area contributed by atoms with E-state index in [4.69, 9.17) is 18.9 Å². The first kappa shape index (κ1) is 22.2. The second-order valence-corrected chi connectivity index (χ2v) is 8.12. The first-order valence-corrected chi connectivity index (χ1v) is 10.6. The van der Waals surface area contributed by atoms with Gasteiger partial charge < -0.3 is 28.7 Å². The normalized spacial score (nSPS) is 18.7. The van der Waals surface area contributed by atoms with Gasteiger partial charge in [-0.15, -0.1) is 0 Å². The van der Waals surface area contributed by atoms with Gasteiger partial charge in [0.2, 0.25) is 0 Å². The van der Waals surface area contributed by atoms with Crippen LogP contribution in [0.5, 0.6) is 23.0 Å². The number of piperazine rings is 1. The molecule has 6 nitrogen and oxygen atoms in total. The molecule has 30 heavy (non-hydrogen) atoms. The first-order chi connectivity index (χ1) is 14.5. The Bertz CT molecular complexity index is 789. The molecule has 164 valence electrons. The van der Waals surface area contributed by atoms with Gasteiger partial charge in [-0.25, -0.2) is 0 Å². The van der Waals surface area contributed by atoms with Crippen LogP contribution in [0.4, 0.5) is 0 Å². The van der Waals surface area contributed by atoms with Crippen LogP contribution in [0.25, 0.3) is 0 Å². The van der Waals surface area contributed by atoms with E-state index >= 15 is 0 Å². The molecule has 0 radical (unpaired) electrons. The summed E-state index contributed by atoms with van der Waals surface area (Å²) in [7, 11) is 6.76. The molecule has 1 saturated heterocycles. The maximum absolute atomic E-state index is 5.49. The van der Waals surface area contributed by atoms with Crippen molar-refractivity contribution in [2.45, 2.75) is 26.9 Å². The van der Waals surface area contributed by atoms with Crippen molar-refractivity contribution in [2.75, 3.05) is 54.6 Å². The van der Waals surface area contributed by atoms with E-state index in [9.17, 15) is 0 Å². The molecular formula is C24H36N2O4+2. The Morgan fingerprint density at radius 2 is 0.867 bits per heavy atom. The highest BCUT2D eigenvalue weighted by Crippen LogP contribution is 2.30. The summed E-state index contributed by atoms with van der Waals surface area (Å²) in [4.78, 5) is 3.25. The smallest absolute Gasteiger partial charge is 0.161 e. The number of hydrogen-bond donors (Lipinski definition) is 2. The summed E-state index contributed by atoms with van der Waals surface area (Å²) in [5.74, 6) is 3.22. The Hall–Kier alpha value is -2.44. The number of ether oxygens (including phenoxy) is 4. The molecule has 6 heteroatoms. The summed E-state index contributed by atoms with van der Waals surface area (Å²) in [5.41, 5.74) is 5.19. The molecule has 0 bridgehead atoms. The Morgan fingerprint density at radius 1 is 0.567 bits per heavy atom. The van der Waals surface area contributed by atoms with E-state index < -0.39 is 0 Å². The molecule has 3 rings (SSSR count). The number of aryl methyl sites for hydroxylation is 2. The third-order valence-corrected chi connectivity index (χ3v) is 6.23. The van der Waals surface area contributed by atoms with Gasteiger partial charge in [0.05, 0.1) is 28.4 Å². The van der Waals surface area contributed by atoms with E-state index in [-0.39, 0.29) is 0 Å². The third-order valence-electron chi connectivity index (χ3n) is 6.23. The lowest BCUT2D eigenvalue weighted by molar-refractivity contribution is -1.02. The van der Waals surface area contributed by atoms with E-state index in [0.717, 1.165) is 62.3 Å². The van der Waals surface area contributed by atoms with Crippen LogP contribution in [0.1, 0.15) is 22.3 Å². The molecule has 0 atom stereocenters. The molecule has 0 aromatic heterocycles. The monoisotopic (exact) mass is 416 g/mol. The Balaban J connectivity index is 1.61. The fraction of sp³-hybridized carbons (Fsp3) is 0.500. The zero-order valence-corrected chi connectivity index (χ0v) is 19.2. The molecule has 1 aliphatic rings. The van der Waals surface area contributed by atoms with E-state index in [1.165, 1.54) is 22.3 Å². The first-order valence-electron chi connectivity index (χ1n) is 10.6. The van der Waals surface area contributed by atoms with Crippen LogP contribution in [0, 0.1) is 13.8 Å². The van der Waals surface area contributed by atoms with E-state index in [0.29, 0.717) is 0 Å². The second kappa shape index (κ2) is 10.0. The Kier molecular flexibility index (Phi) is 7.45. The highest BCUT2D eigenvalue weighted by molar-refractivity contribution is 5.47. The van der Waals surface area contributed by atoms with E-state index in [1.54, 1.807) is 38.2 Å². The van der Waals surface area contributed by atoms with Gasteiger partial charge in [0, 0.05) is 11.1 Å². The standard InChI is InChI=1S/C24H34N2O4/c1-17-11-21(27-3)23(29-5)13-19(17)15-25-7-9-26(10-8-25)16-20-14-24(30-6)22(28-4)12-18(20)2/h11-14H,7-10,15-16H2,1-6H3/p+2. The third kappa shape index (κ3) is 4.99. The summed E-state index contributed by atoms with van der Waals surface area (Å²) in [5, 5.41) is 0. The van der Waals surface area contributed by atoms with Gasteiger partial charge in [-0.1, -0.05) is 0 Å². The van der Waals surface area contributed by atoms with Crippen molar-refractivity contribution >= 4 is 0 Å². The van der Waals surface area contributed by atoms with E-state index in [2.05, 4.69) is 38.1 Å². The molecule has 2 N–H and O–H groups in total. The van der Waals surface area contributed by atoms with Gasteiger partial charge in [0.25, 0.3) is 0 Å². The Morgan fingerprint density at radius 3 is 1.17 bits per heavy atom. The summed E-state index contributed by atoms with van der Waals surface area (Å²) in [6.07, 6.45) is 0. The zero-order chi connectivity index (χ0) is 21.7. The fourth-order valence-electron chi connectivity index (χ4n) is 4.28. The summed E-state index contributed by atoms with van der Waals surface area (Å²) < 4.78 is 21.8. The minimum Gasteiger partial charge on any atom is -0.493 e. The molecule has 1 heterocycles. The molecule has 0 amide bonds. The largest absolute Gasteiger partial charge is 0.493 e. The number of hydrogen-bond acceptors (Lipinski definition) is 4. The van der Waals surface area contributed by atoms with Gasteiger partial charge >= 0.3 is 0 Å². The minimum atomic E-state index is 0.799. The zero-order valence-electron chi connectivity index (χ0n) is 19.2. The lowest BCUT2D eigenvalue weighted by Gasteiger charge is -2.30. The topological polar surface area (TPSA) is 45.8 Å². The average molecular weight is 417 g/mol. The fourth-order valence-corrected chi connectivity index (χ4v) is 4.28. The number of nitrogens with one attached hydrogen (secondary N) is 2. The molecule has 0 unspecified atom stereocenters. The molecular weight excluding hydrogens is 380 g/mol. The van der Waals surface area contributed by atoms with Crippen molar-refractivity contribution in [1.29, 1.82) is 0 Å². The van der Waals surface area contributed by atoms with Gasteiger partial charge in [-0.2, -0.15) is 0 Å². The number of rotatable bonds is 8. The quantitative estimate of drug-likeness (QED) is 0.669. The van der Waals surface area contributed by atoms with Gasteiger partial charge in [0.1, 0.15) is 39.3 Å². The molecule has 0 saturated carbocycles.